The molecule has 0 N–H and O–H groups in total. The first kappa shape index (κ1) is 25.7. The Morgan fingerprint density at radius 2 is 1.71 bits per heavy atom. The Morgan fingerprint density at radius 3 is 2.39 bits per heavy atom. The highest BCUT2D eigenvalue weighted by Gasteiger charge is 2.47. The normalized spacial score (nSPS) is 21.2. The fraction of sp³-hybridized carbons (Fsp3) is 0.367. The minimum Gasteiger partial charge on any atom is -0.488 e. The van der Waals surface area contributed by atoms with Gasteiger partial charge in [0.25, 0.3) is 5.91 Å². The van der Waals surface area contributed by atoms with E-state index in [9.17, 15) is 18.0 Å². The number of rotatable bonds is 5. The molecule has 0 radical (unpaired) electrons. The number of carbonyl (C=O) groups excluding carboxylic acids is 1. The number of pyridine rings is 1. The molecule has 0 saturated carbocycles. The number of nitrogens with zero attached hydrogens (tertiary/aromatic N) is 5. The first-order valence-corrected chi connectivity index (χ1v) is 13.8. The second kappa shape index (κ2) is 9.97. The van der Waals surface area contributed by atoms with Gasteiger partial charge in [-0.05, 0) is 55.0 Å². The predicted octanol–water partition coefficient (Wildman–Crippen LogP) is 5.39. The summed E-state index contributed by atoms with van der Waals surface area (Å²) >= 11 is 0. The maximum Gasteiger partial charge on any atom is 0.416 e. The van der Waals surface area contributed by atoms with Crippen molar-refractivity contribution in [3.05, 3.63) is 78.4 Å². The SMILES string of the molecule is O=C(c1ccncc1)N1CC2CC1CN2c1c(OC2CCN(c3ccc(C(F)(F)F)cc3)CC2)ccc2ncoc12. The number of ether oxygens (including phenoxy) is 1. The lowest BCUT2D eigenvalue weighted by Crippen LogP contribution is -2.49. The van der Waals surface area contributed by atoms with Crippen LogP contribution in [0.4, 0.5) is 24.5 Å². The second-order valence-corrected chi connectivity index (χ2v) is 10.9. The number of benzene rings is 2. The van der Waals surface area contributed by atoms with Crippen molar-refractivity contribution >= 4 is 28.4 Å². The van der Waals surface area contributed by atoms with Gasteiger partial charge in [-0.2, -0.15) is 13.2 Å². The number of oxazole rings is 1. The number of hydrogen-bond acceptors (Lipinski definition) is 7. The van der Waals surface area contributed by atoms with E-state index >= 15 is 0 Å². The third-order valence-corrected chi connectivity index (χ3v) is 8.45. The standard InChI is InChI=1S/C30H28F3N5O3/c31-30(32,33)20-1-3-21(4-2-20)36-13-9-24(10-14-36)41-26-6-5-25-28(40-18-35-25)27(26)37-16-23-15-22(37)17-38(23)29(39)19-7-11-34-12-8-19/h1-8,11-12,18,22-24H,9-10,13-17H2. The average molecular weight is 564 g/mol. The van der Waals surface area contributed by atoms with Crippen molar-refractivity contribution in [2.75, 3.05) is 36.0 Å². The molecule has 41 heavy (non-hydrogen) atoms. The molecule has 2 unspecified atom stereocenters. The summed E-state index contributed by atoms with van der Waals surface area (Å²) in [5.74, 6) is 0.746. The molecular formula is C30H28F3N5O3. The van der Waals surface area contributed by atoms with E-state index in [-0.39, 0.29) is 24.1 Å². The zero-order valence-corrected chi connectivity index (χ0v) is 22.1. The number of amides is 1. The van der Waals surface area contributed by atoms with Gasteiger partial charge in [0.15, 0.2) is 12.0 Å². The zero-order chi connectivity index (χ0) is 28.1. The van der Waals surface area contributed by atoms with Crippen molar-refractivity contribution < 1.29 is 27.1 Å². The van der Waals surface area contributed by atoms with Gasteiger partial charge in [0, 0.05) is 68.7 Å². The fourth-order valence-corrected chi connectivity index (χ4v) is 6.39. The lowest BCUT2D eigenvalue weighted by atomic mass is 10.1. The first-order valence-electron chi connectivity index (χ1n) is 13.8. The van der Waals surface area contributed by atoms with Gasteiger partial charge in [0.2, 0.25) is 0 Å². The largest absolute Gasteiger partial charge is 0.488 e. The second-order valence-electron chi connectivity index (χ2n) is 10.9. The van der Waals surface area contributed by atoms with Gasteiger partial charge in [-0.15, -0.1) is 0 Å². The summed E-state index contributed by atoms with van der Waals surface area (Å²) in [6.45, 7) is 2.64. The van der Waals surface area contributed by atoms with Gasteiger partial charge in [0.05, 0.1) is 11.6 Å². The van der Waals surface area contributed by atoms with Crippen LogP contribution < -0.4 is 14.5 Å². The quantitative estimate of drug-likeness (QED) is 0.322. The number of halogens is 3. The molecule has 11 heteroatoms. The Morgan fingerprint density at radius 1 is 0.951 bits per heavy atom. The molecule has 2 aromatic carbocycles. The smallest absolute Gasteiger partial charge is 0.416 e. The van der Waals surface area contributed by atoms with Gasteiger partial charge >= 0.3 is 6.18 Å². The van der Waals surface area contributed by atoms with Crippen molar-refractivity contribution in [3.63, 3.8) is 0 Å². The van der Waals surface area contributed by atoms with Crippen LogP contribution in [0.5, 0.6) is 5.75 Å². The molecular weight excluding hydrogens is 535 g/mol. The predicted molar refractivity (Wildman–Crippen MR) is 146 cm³/mol. The average Bonchev–Trinajstić information content (AvgIpc) is 3.74. The summed E-state index contributed by atoms with van der Waals surface area (Å²) in [6.07, 6.45) is 2.64. The highest BCUT2D eigenvalue weighted by molar-refractivity contribution is 5.95. The van der Waals surface area contributed by atoms with Gasteiger partial charge in [0.1, 0.15) is 23.1 Å². The molecule has 3 saturated heterocycles. The molecule has 8 nitrogen and oxygen atoms in total. The van der Waals surface area contributed by atoms with E-state index in [0.29, 0.717) is 37.3 Å². The van der Waals surface area contributed by atoms with E-state index in [0.717, 1.165) is 54.0 Å². The molecule has 2 bridgehead atoms. The highest BCUT2D eigenvalue weighted by atomic mass is 19.4. The number of fused-ring (bicyclic) bond motifs is 3. The van der Waals surface area contributed by atoms with Crippen LogP contribution in [-0.4, -0.2) is 65.1 Å². The third-order valence-electron chi connectivity index (χ3n) is 8.45. The van der Waals surface area contributed by atoms with Crippen molar-refractivity contribution in [1.82, 2.24) is 14.9 Å². The molecule has 3 aliphatic rings. The van der Waals surface area contributed by atoms with Gasteiger partial charge in [-0.25, -0.2) is 4.98 Å². The molecule has 3 aliphatic heterocycles. The number of piperidine rings is 1. The molecule has 7 rings (SSSR count). The number of piperazine rings is 1. The van der Waals surface area contributed by atoms with E-state index in [1.165, 1.54) is 18.5 Å². The number of likely N-dealkylation sites (tertiary alicyclic amines) is 1. The molecule has 4 aromatic rings. The van der Waals surface area contributed by atoms with Crippen LogP contribution in [0.25, 0.3) is 11.1 Å². The number of aromatic nitrogens is 2. The highest BCUT2D eigenvalue weighted by Crippen LogP contribution is 2.44. The van der Waals surface area contributed by atoms with E-state index in [1.54, 1.807) is 24.5 Å². The van der Waals surface area contributed by atoms with Crippen molar-refractivity contribution in [2.45, 2.75) is 43.6 Å². The molecule has 2 atom stereocenters. The van der Waals surface area contributed by atoms with Crippen LogP contribution >= 0.6 is 0 Å². The van der Waals surface area contributed by atoms with E-state index in [1.807, 2.05) is 17.0 Å². The van der Waals surface area contributed by atoms with E-state index in [2.05, 4.69) is 19.8 Å². The van der Waals surface area contributed by atoms with Gasteiger partial charge < -0.3 is 23.9 Å². The molecule has 5 heterocycles. The zero-order valence-electron chi connectivity index (χ0n) is 22.1. The Bertz CT molecular complexity index is 1550. The lowest BCUT2D eigenvalue weighted by Gasteiger charge is -2.37. The van der Waals surface area contributed by atoms with Crippen LogP contribution in [0.3, 0.4) is 0 Å². The Hall–Kier alpha value is -4.28. The Balaban J connectivity index is 1.06. The van der Waals surface area contributed by atoms with Crippen LogP contribution in [0, 0.1) is 0 Å². The van der Waals surface area contributed by atoms with Crippen LogP contribution in [-0.2, 0) is 6.18 Å². The molecule has 0 aliphatic carbocycles. The molecule has 0 spiro atoms. The maximum absolute atomic E-state index is 13.1. The van der Waals surface area contributed by atoms with E-state index in [4.69, 9.17) is 9.15 Å². The number of carbonyl (C=O) groups is 1. The first-order chi connectivity index (χ1) is 19.8. The Kier molecular flexibility index (Phi) is 6.24. The molecule has 212 valence electrons. The van der Waals surface area contributed by atoms with Crippen molar-refractivity contribution in [2.24, 2.45) is 0 Å². The minimum absolute atomic E-state index is 0.0219. The van der Waals surface area contributed by atoms with E-state index < -0.39 is 11.7 Å². The Labute approximate surface area is 234 Å². The van der Waals surface area contributed by atoms with Gasteiger partial charge in [-0.3, -0.25) is 9.78 Å². The van der Waals surface area contributed by atoms with Crippen molar-refractivity contribution in [3.8, 4) is 5.75 Å². The summed E-state index contributed by atoms with van der Waals surface area (Å²) in [5, 5.41) is 0. The monoisotopic (exact) mass is 563 g/mol. The minimum atomic E-state index is -4.34. The summed E-state index contributed by atoms with van der Waals surface area (Å²) < 4.78 is 51.3. The van der Waals surface area contributed by atoms with Gasteiger partial charge in [-0.1, -0.05) is 0 Å². The van der Waals surface area contributed by atoms with Crippen LogP contribution in [0.1, 0.15) is 35.2 Å². The summed E-state index contributed by atoms with van der Waals surface area (Å²) in [7, 11) is 0. The summed E-state index contributed by atoms with van der Waals surface area (Å²) in [4.78, 5) is 27.8. The lowest BCUT2D eigenvalue weighted by molar-refractivity contribution is -0.137. The topological polar surface area (TPSA) is 74.9 Å². The molecule has 3 fully saturated rings. The maximum atomic E-state index is 13.1. The van der Waals surface area contributed by atoms with Crippen LogP contribution in [0.15, 0.2) is 71.7 Å². The van der Waals surface area contributed by atoms with Crippen molar-refractivity contribution in [1.29, 1.82) is 0 Å². The molecule has 1 amide bonds. The number of hydrogen-bond donors (Lipinski definition) is 0. The number of anilines is 2. The fourth-order valence-electron chi connectivity index (χ4n) is 6.39. The summed E-state index contributed by atoms with van der Waals surface area (Å²) in [5.41, 5.74) is 3.06. The molecule has 2 aromatic heterocycles. The third kappa shape index (κ3) is 4.72. The number of alkyl halides is 3. The van der Waals surface area contributed by atoms with Crippen LogP contribution in [0.2, 0.25) is 0 Å². The summed E-state index contributed by atoms with van der Waals surface area (Å²) in [6, 6.07) is 12.9.